The zero-order valence-electron chi connectivity index (χ0n) is 9.84. The molecule has 1 atom stereocenters. The maximum absolute atomic E-state index is 9.17. The quantitative estimate of drug-likeness (QED) is 0.750. The largest absolute Gasteiger partial charge is 0.490 e. The Kier molecular flexibility index (Phi) is 5.25. The van der Waals surface area contributed by atoms with Crippen LogP contribution >= 0.6 is 0 Å². The summed E-state index contributed by atoms with van der Waals surface area (Å²) in [6, 6.07) is 7.44. The minimum absolute atomic E-state index is 0.247. The molecule has 90 valence electrons. The lowest BCUT2D eigenvalue weighted by molar-refractivity contribution is -0.107. The van der Waals surface area contributed by atoms with Gasteiger partial charge < -0.3 is 19.3 Å². The van der Waals surface area contributed by atoms with E-state index < -0.39 is 12.4 Å². The number of ether oxygens (including phenoxy) is 3. The Hall–Kier alpha value is -1.10. The molecule has 4 nitrogen and oxygen atoms in total. The summed E-state index contributed by atoms with van der Waals surface area (Å²) in [5, 5.41) is 9.17. The second kappa shape index (κ2) is 6.48. The van der Waals surface area contributed by atoms with Gasteiger partial charge in [0.05, 0.1) is 6.10 Å². The van der Waals surface area contributed by atoms with E-state index in [4.69, 9.17) is 14.2 Å². The number of benzene rings is 1. The molecule has 0 amide bonds. The van der Waals surface area contributed by atoms with E-state index in [-0.39, 0.29) is 6.61 Å². The van der Waals surface area contributed by atoms with E-state index in [1.54, 1.807) is 21.1 Å². The molecule has 0 heterocycles. The summed E-state index contributed by atoms with van der Waals surface area (Å²) in [5.74, 6) is 0.664. The Bertz CT molecular complexity index is 308. The molecule has 1 unspecified atom stereocenters. The van der Waals surface area contributed by atoms with Crippen LogP contribution in [0.2, 0.25) is 0 Å². The van der Waals surface area contributed by atoms with Crippen molar-refractivity contribution in [1.29, 1.82) is 0 Å². The van der Waals surface area contributed by atoms with Gasteiger partial charge in [-0.2, -0.15) is 0 Å². The summed E-state index contributed by atoms with van der Waals surface area (Å²) in [7, 11) is 3.14. The zero-order chi connectivity index (χ0) is 12.0. The third kappa shape index (κ3) is 3.48. The lowest BCUT2D eigenvalue weighted by atomic mass is 10.2. The highest BCUT2D eigenvalue weighted by molar-refractivity contribution is 5.34. The molecule has 0 bridgehead atoms. The first-order valence-electron chi connectivity index (χ1n) is 5.14. The molecule has 0 radical (unpaired) electrons. The predicted molar refractivity (Wildman–Crippen MR) is 60.4 cm³/mol. The van der Waals surface area contributed by atoms with Crippen molar-refractivity contribution in [3.8, 4) is 5.75 Å². The highest BCUT2D eigenvalue weighted by Gasteiger charge is 2.14. The van der Waals surface area contributed by atoms with E-state index in [0.29, 0.717) is 5.75 Å². The summed E-state index contributed by atoms with van der Waals surface area (Å²) >= 11 is 0. The molecule has 0 aliphatic carbocycles. The van der Waals surface area contributed by atoms with E-state index >= 15 is 0 Å². The Morgan fingerprint density at radius 2 is 1.81 bits per heavy atom. The van der Waals surface area contributed by atoms with Gasteiger partial charge in [-0.25, -0.2) is 0 Å². The standard InChI is InChI=1S/C12H18O4/c1-9(13)8-16-11-7-5-4-6-10(11)12(14-2)15-3/h4-7,9,12-13H,8H2,1-3H3. The molecule has 0 fully saturated rings. The van der Waals surface area contributed by atoms with Crippen LogP contribution in [0.25, 0.3) is 0 Å². The monoisotopic (exact) mass is 226 g/mol. The van der Waals surface area contributed by atoms with E-state index in [2.05, 4.69) is 0 Å². The molecule has 0 aliphatic rings. The van der Waals surface area contributed by atoms with Gasteiger partial charge in [0.15, 0.2) is 6.29 Å². The highest BCUT2D eigenvalue weighted by Crippen LogP contribution is 2.27. The number of hydrogen-bond acceptors (Lipinski definition) is 4. The zero-order valence-corrected chi connectivity index (χ0v) is 9.84. The molecule has 1 rings (SSSR count). The van der Waals surface area contributed by atoms with Crippen molar-refractivity contribution in [3.05, 3.63) is 29.8 Å². The fourth-order valence-corrected chi connectivity index (χ4v) is 1.37. The van der Waals surface area contributed by atoms with Gasteiger partial charge in [0.2, 0.25) is 0 Å². The van der Waals surface area contributed by atoms with Crippen molar-refractivity contribution in [2.24, 2.45) is 0 Å². The van der Waals surface area contributed by atoms with Crippen LogP contribution in [0, 0.1) is 0 Å². The number of aliphatic hydroxyl groups is 1. The lowest BCUT2D eigenvalue weighted by Crippen LogP contribution is -2.15. The number of methoxy groups -OCH3 is 2. The van der Waals surface area contributed by atoms with Crippen molar-refractivity contribution in [1.82, 2.24) is 0 Å². The van der Waals surface area contributed by atoms with Gasteiger partial charge in [0, 0.05) is 19.8 Å². The normalized spacial score (nSPS) is 12.8. The molecule has 1 aromatic rings. The minimum atomic E-state index is -0.503. The Morgan fingerprint density at radius 1 is 1.19 bits per heavy atom. The topological polar surface area (TPSA) is 47.9 Å². The third-order valence-corrected chi connectivity index (χ3v) is 2.08. The average molecular weight is 226 g/mol. The van der Waals surface area contributed by atoms with E-state index in [1.807, 2.05) is 24.3 Å². The minimum Gasteiger partial charge on any atom is -0.490 e. The second-order valence-corrected chi connectivity index (χ2v) is 3.50. The molecule has 0 spiro atoms. The summed E-state index contributed by atoms with van der Waals surface area (Å²) in [6.07, 6.45) is -0.957. The van der Waals surface area contributed by atoms with Gasteiger partial charge >= 0.3 is 0 Å². The van der Waals surface area contributed by atoms with Gasteiger partial charge in [-0.3, -0.25) is 0 Å². The van der Waals surface area contributed by atoms with Crippen LogP contribution in [0.15, 0.2) is 24.3 Å². The first-order chi connectivity index (χ1) is 7.69. The van der Waals surface area contributed by atoms with Gasteiger partial charge in [-0.1, -0.05) is 18.2 Å². The van der Waals surface area contributed by atoms with Gasteiger partial charge in [0.1, 0.15) is 12.4 Å². The third-order valence-electron chi connectivity index (χ3n) is 2.08. The fourth-order valence-electron chi connectivity index (χ4n) is 1.37. The van der Waals surface area contributed by atoms with Crippen LogP contribution in [0.3, 0.4) is 0 Å². The molecule has 0 saturated carbocycles. The van der Waals surface area contributed by atoms with Crippen LogP contribution in [0.5, 0.6) is 5.75 Å². The molecule has 0 saturated heterocycles. The SMILES string of the molecule is COC(OC)c1ccccc1OCC(C)O. The van der Waals surface area contributed by atoms with E-state index in [1.165, 1.54) is 0 Å². The number of aliphatic hydroxyl groups excluding tert-OH is 1. The molecule has 1 N–H and O–H groups in total. The van der Waals surface area contributed by atoms with E-state index in [0.717, 1.165) is 5.56 Å². The first-order valence-corrected chi connectivity index (χ1v) is 5.14. The molecule has 16 heavy (non-hydrogen) atoms. The smallest absolute Gasteiger partial charge is 0.186 e. The molecular formula is C12H18O4. The Morgan fingerprint density at radius 3 is 2.38 bits per heavy atom. The van der Waals surface area contributed by atoms with Crippen LogP contribution in [0.4, 0.5) is 0 Å². The van der Waals surface area contributed by atoms with E-state index in [9.17, 15) is 5.11 Å². The lowest BCUT2D eigenvalue weighted by Gasteiger charge is -2.18. The summed E-state index contributed by atoms with van der Waals surface area (Å²) < 4.78 is 15.8. The summed E-state index contributed by atoms with van der Waals surface area (Å²) in [4.78, 5) is 0. The van der Waals surface area contributed by atoms with Gasteiger partial charge in [-0.05, 0) is 13.0 Å². The molecule has 0 aromatic heterocycles. The molecule has 4 heteroatoms. The van der Waals surface area contributed by atoms with Gasteiger partial charge in [-0.15, -0.1) is 0 Å². The van der Waals surface area contributed by atoms with Crippen LogP contribution in [-0.2, 0) is 9.47 Å². The molecule has 1 aromatic carbocycles. The van der Waals surface area contributed by atoms with Crippen molar-refractivity contribution in [2.75, 3.05) is 20.8 Å². The van der Waals surface area contributed by atoms with Crippen molar-refractivity contribution in [2.45, 2.75) is 19.3 Å². The average Bonchev–Trinajstić information content (AvgIpc) is 2.29. The van der Waals surface area contributed by atoms with Crippen molar-refractivity contribution in [3.63, 3.8) is 0 Å². The summed E-state index contributed by atoms with van der Waals surface area (Å²) in [5.41, 5.74) is 0.813. The Balaban J connectivity index is 2.82. The first kappa shape index (κ1) is 13.0. The molecular weight excluding hydrogens is 208 g/mol. The number of hydrogen-bond donors (Lipinski definition) is 1. The maximum Gasteiger partial charge on any atom is 0.186 e. The molecule has 0 aliphatic heterocycles. The van der Waals surface area contributed by atoms with Crippen molar-refractivity contribution >= 4 is 0 Å². The second-order valence-electron chi connectivity index (χ2n) is 3.50. The highest BCUT2D eigenvalue weighted by atomic mass is 16.7. The Labute approximate surface area is 95.8 Å². The number of para-hydroxylation sites is 1. The van der Waals surface area contributed by atoms with Crippen LogP contribution < -0.4 is 4.74 Å². The predicted octanol–water partition coefficient (Wildman–Crippen LogP) is 1.74. The van der Waals surface area contributed by atoms with Crippen LogP contribution in [0.1, 0.15) is 18.8 Å². The number of rotatable bonds is 6. The summed E-state index contributed by atoms with van der Waals surface area (Å²) in [6.45, 7) is 1.92. The van der Waals surface area contributed by atoms with Gasteiger partial charge in [0.25, 0.3) is 0 Å². The van der Waals surface area contributed by atoms with Crippen LogP contribution in [-0.4, -0.2) is 32.0 Å². The van der Waals surface area contributed by atoms with Crippen molar-refractivity contribution < 1.29 is 19.3 Å². The fraction of sp³-hybridized carbons (Fsp3) is 0.500. The maximum atomic E-state index is 9.17.